The summed E-state index contributed by atoms with van der Waals surface area (Å²) in [7, 11) is 0. The Kier molecular flexibility index (Phi) is 9.45. The summed E-state index contributed by atoms with van der Waals surface area (Å²) >= 11 is 0. The Morgan fingerprint density at radius 1 is 0.935 bits per heavy atom. The van der Waals surface area contributed by atoms with Crippen LogP contribution in [-0.4, -0.2) is 97.6 Å². The first-order chi connectivity index (χ1) is 15.0. The molecule has 0 bridgehead atoms. The number of carbonyl (C=O) groups excluding carboxylic acids is 1. The maximum absolute atomic E-state index is 12.6. The lowest BCUT2D eigenvalue weighted by atomic mass is 9.99. The van der Waals surface area contributed by atoms with Gasteiger partial charge in [-0.05, 0) is 59.5 Å². The van der Waals surface area contributed by atoms with E-state index < -0.39 is 0 Å². The number of guanidine groups is 1. The molecule has 178 valence electrons. The summed E-state index contributed by atoms with van der Waals surface area (Å²) in [5, 5.41) is 6.92. The van der Waals surface area contributed by atoms with Gasteiger partial charge in [0.15, 0.2) is 5.96 Å². The molecule has 3 aliphatic rings. The summed E-state index contributed by atoms with van der Waals surface area (Å²) in [4.78, 5) is 24.7. The summed E-state index contributed by atoms with van der Waals surface area (Å²) in [6, 6.07) is 0. The van der Waals surface area contributed by atoms with Crippen LogP contribution in [0.25, 0.3) is 0 Å². The fourth-order valence-corrected chi connectivity index (χ4v) is 5.17. The number of carbonyl (C=O) groups is 1. The molecule has 0 unspecified atom stereocenters. The number of nitrogens with zero attached hydrogens (tertiary/aromatic N) is 4. The Morgan fingerprint density at radius 3 is 2.26 bits per heavy atom. The zero-order valence-electron chi connectivity index (χ0n) is 20.3. The largest absolute Gasteiger partial charge is 0.357 e. The lowest BCUT2D eigenvalue weighted by molar-refractivity contribution is -0.137. The van der Waals surface area contributed by atoms with Crippen LogP contribution in [0.4, 0.5) is 0 Å². The quantitative estimate of drug-likeness (QED) is 0.453. The van der Waals surface area contributed by atoms with Crippen molar-refractivity contribution in [1.82, 2.24) is 25.3 Å². The molecule has 1 amide bonds. The standard InChI is InChI=1S/C24H46N6O/c1-4-25-23(27-20-24(2,3)30-13-8-5-9-14-30)26-12-15-28-16-18-29(19-17-28)22(31)21-10-6-7-11-21/h21H,4-20H2,1-3H3,(H2,25,26,27). The zero-order chi connectivity index (χ0) is 22.1. The van der Waals surface area contributed by atoms with Crippen LogP contribution in [0.5, 0.6) is 0 Å². The Balaban J connectivity index is 1.38. The molecule has 7 nitrogen and oxygen atoms in total. The number of rotatable bonds is 8. The van der Waals surface area contributed by atoms with Crippen molar-refractivity contribution < 1.29 is 4.79 Å². The Morgan fingerprint density at radius 2 is 1.61 bits per heavy atom. The smallest absolute Gasteiger partial charge is 0.225 e. The summed E-state index contributed by atoms with van der Waals surface area (Å²) < 4.78 is 0. The average molecular weight is 435 g/mol. The van der Waals surface area contributed by atoms with Gasteiger partial charge in [-0.25, -0.2) is 0 Å². The van der Waals surface area contributed by atoms with E-state index >= 15 is 0 Å². The molecule has 0 spiro atoms. The van der Waals surface area contributed by atoms with E-state index in [-0.39, 0.29) is 5.54 Å². The van der Waals surface area contributed by atoms with Crippen molar-refractivity contribution in [2.75, 3.05) is 65.4 Å². The number of likely N-dealkylation sites (tertiary alicyclic amines) is 1. The minimum absolute atomic E-state index is 0.102. The predicted molar refractivity (Wildman–Crippen MR) is 128 cm³/mol. The van der Waals surface area contributed by atoms with E-state index in [2.05, 4.69) is 46.1 Å². The summed E-state index contributed by atoms with van der Waals surface area (Å²) in [6.45, 7) is 16.4. The number of amides is 1. The number of piperidine rings is 1. The van der Waals surface area contributed by atoms with Crippen LogP contribution in [0, 0.1) is 5.92 Å². The van der Waals surface area contributed by atoms with Crippen molar-refractivity contribution in [1.29, 1.82) is 0 Å². The highest BCUT2D eigenvalue weighted by molar-refractivity contribution is 5.80. The van der Waals surface area contributed by atoms with Crippen LogP contribution in [-0.2, 0) is 4.79 Å². The lowest BCUT2D eigenvalue weighted by Crippen LogP contribution is -2.52. The van der Waals surface area contributed by atoms with E-state index in [0.29, 0.717) is 11.8 Å². The van der Waals surface area contributed by atoms with E-state index in [1.165, 1.54) is 45.2 Å². The van der Waals surface area contributed by atoms with Crippen molar-refractivity contribution in [2.45, 2.75) is 71.3 Å². The molecule has 0 aromatic heterocycles. The van der Waals surface area contributed by atoms with Gasteiger partial charge in [0.05, 0.1) is 6.54 Å². The fraction of sp³-hybridized carbons (Fsp3) is 0.917. The first-order valence-electron chi connectivity index (χ1n) is 12.8. The van der Waals surface area contributed by atoms with Crippen LogP contribution >= 0.6 is 0 Å². The Hall–Kier alpha value is -1.34. The van der Waals surface area contributed by atoms with Crippen LogP contribution in [0.2, 0.25) is 0 Å². The highest BCUT2D eigenvalue weighted by Crippen LogP contribution is 2.27. The molecule has 0 aromatic carbocycles. The topological polar surface area (TPSA) is 63.2 Å². The van der Waals surface area contributed by atoms with Gasteiger partial charge in [-0.2, -0.15) is 0 Å². The average Bonchev–Trinajstić information content (AvgIpc) is 3.33. The third kappa shape index (κ3) is 7.35. The molecule has 0 radical (unpaired) electrons. The maximum Gasteiger partial charge on any atom is 0.225 e. The summed E-state index contributed by atoms with van der Waals surface area (Å²) in [5.41, 5.74) is 0.102. The molecule has 2 N–H and O–H groups in total. The highest BCUT2D eigenvalue weighted by Gasteiger charge is 2.29. The van der Waals surface area contributed by atoms with E-state index in [1.807, 2.05) is 0 Å². The van der Waals surface area contributed by atoms with Crippen molar-refractivity contribution in [3.8, 4) is 0 Å². The van der Waals surface area contributed by atoms with Gasteiger partial charge in [0.25, 0.3) is 0 Å². The van der Waals surface area contributed by atoms with Gasteiger partial charge >= 0.3 is 0 Å². The first-order valence-corrected chi connectivity index (χ1v) is 12.8. The first kappa shape index (κ1) is 24.3. The van der Waals surface area contributed by atoms with Gasteiger partial charge in [0.1, 0.15) is 0 Å². The molecule has 3 fully saturated rings. The van der Waals surface area contributed by atoms with Crippen molar-refractivity contribution in [3.63, 3.8) is 0 Å². The molecule has 2 heterocycles. The lowest BCUT2D eigenvalue weighted by Gasteiger charge is -2.40. The number of aliphatic imine (C=N–C) groups is 1. The molecule has 1 saturated carbocycles. The van der Waals surface area contributed by atoms with Crippen LogP contribution in [0.3, 0.4) is 0 Å². The molecule has 3 rings (SSSR count). The molecule has 31 heavy (non-hydrogen) atoms. The van der Waals surface area contributed by atoms with Crippen molar-refractivity contribution in [3.05, 3.63) is 0 Å². The Bertz CT molecular complexity index is 573. The van der Waals surface area contributed by atoms with Gasteiger partial charge < -0.3 is 15.5 Å². The predicted octanol–water partition coefficient (Wildman–Crippen LogP) is 2.14. The van der Waals surface area contributed by atoms with E-state index in [1.54, 1.807) is 0 Å². The number of piperazine rings is 1. The molecular weight excluding hydrogens is 388 g/mol. The van der Waals surface area contributed by atoms with E-state index in [4.69, 9.17) is 4.99 Å². The molecule has 2 aliphatic heterocycles. The third-order valence-electron chi connectivity index (χ3n) is 7.29. The van der Waals surface area contributed by atoms with E-state index in [9.17, 15) is 4.79 Å². The number of nitrogens with one attached hydrogen (secondary N) is 2. The monoisotopic (exact) mass is 434 g/mol. The molecule has 0 atom stereocenters. The second-order valence-electron chi connectivity index (χ2n) is 10.1. The van der Waals surface area contributed by atoms with Gasteiger partial charge in [-0.15, -0.1) is 0 Å². The van der Waals surface area contributed by atoms with Gasteiger partial charge in [-0.3, -0.25) is 19.6 Å². The van der Waals surface area contributed by atoms with Gasteiger partial charge in [0.2, 0.25) is 5.91 Å². The van der Waals surface area contributed by atoms with Crippen LogP contribution < -0.4 is 10.6 Å². The third-order valence-corrected chi connectivity index (χ3v) is 7.29. The molecular formula is C24H46N6O. The molecule has 2 saturated heterocycles. The minimum atomic E-state index is 0.102. The number of hydrogen-bond acceptors (Lipinski definition) is 4. The SMILES string of the molecule is CCNC(=NCC(C)(C)N1CCCCC1)NCCN1CCN(C(=O)C2CCCC2)CC1. The molecule has 0 aromatic rings. The van der Waals surface area contributed by atoms with Crippen LogP contribution in [0.1, 0.15) is 65.7 Å². The van der Waals surface area contributed by atoms with Gasteiger partial charge in [-0.1, -0.05) is 19.3 Å². The minimum Gasteiger partial charge on any atom is -0.357 e. The Labute approximate surface area is 190 Å². The second-order valence-corrected chi connectivity index (χ2v) is 10.1. The highest BCUT2D eigenvalue weighted by atomic mass is 16.2. The summed E-state index contributed by atoms with van der Waals surface area (Å²) in [5.74, 6) is 1.64. The van der Waals surface area contributed by atoms with Crippen molar-refractivity contribution in [2.24, 2.45) is 10.9 Å². The molecule has 7 heteroatoms. The summed E-state index contributed by atoms with van der Waals surface area (Å²) in [6.07, 6.45) is 8.65. The van der Waals surface area contributed by atoms with Crippen molar-refractivity contribution >= 4 is 11.9 Å². The maximum atomic E-state index is 12.6. The normalized spacial score (nSPS) is 22.7. The van der Waals surface area contributed by atoms with E-state index in [0.717, 1.165) is 71.2 Å². The number of hydrogen-bond donors (Lipinski definition) is 2. The second kappa shape index (κ2) is 12.0. The van der Waals surface area contributed by atoms with Gasteiger partial charge in [0, 0.05) is 57.3 Å². The molecule has 1 aliphatic carbocycles. The zero-order valence-corrected chi connectivity index (χ0v) is 20.3. The fourth-order valence-electron chi connectivity index (χ4n) is 5.17. The van der Waals surface area contributed by atoms with Crippen LogP contribution in [0.15, 0.2) is 4.99 Å².